The van der Waals surface area contributed by atoms with Gasteiger partial charge in [0.15, 0.2) is 5.78 Å². The minimum absolute atomic E-state index is 0.252. The summed E-state index contributed by atoms with van der Waals surface area (Å²) in [6, 6.07) is 14.9. The number of fused-ring (bicyclic) bond motifs is 1. The van der Waals surface area contributed by atoms with Crippen LogP contribution in [-0.4, -0.2) is 11.5 Å². The molecule has 0 spiro atoms. The molecule has 0 atom stereocenters. The summed E-state index contributed by atoms with van der Waals surface area (Å²) in [6.45, 7) is 4.07. The number of hydrogen-bond acceptors (Lipinski definition) is 2. The van der Waals surface area contributed by atoms with Gasteiger partial charge in [0.1, 0.15) is 0 Å². The van der Waals surface area contributed by atoms with Gasteiger partial charge in [-0.25, -0.2) is 0 Å². The normalized spacial score (nSPS) is 14.1. The van der Waals surface area contributed by atoms with Crippen LogP contribution in [0.3, 0.4) is 0 Å². The smallest absolute Gasteiger partial charge is 0.166 e. The van der Waals surface area contributed by atoms with Gasteiger partial charge >= 0.3 is 0 Å². The molecule has 0 aliphatic carbocycles. The first-order chi connectivity index (χ1) is 8.65. The SMILES string of the molecule is CC1=CC(=O)CS1.Cc1ccc2ccccc2c1. The Hall–Kier alpha value is -1.54. The quantitative estimate of drug-likeness (QED) is 0.697. The highest BCUT2D eigenvalue weighted by atomic mass is 32.2. The topological polar surface area (TPSA) is 17.1 Å². The third-order valence-electron chi connectivity index (χ3n) is 2.71. The van der Waals surface area contributed by atoms with E-state index in [0.717, 1.165) is 4.91 Å². The Bertz CT molecular complexity index is 599. The first-order valence-corrected chi connectivity index (χ1v) is 6.93. The molecule has 3 rings (SSSR count). The summed E-state index contributed by atoms with van der Waals surface area (Å²) in [4.78, 5) is 11.5. The second-order valence-corrected chi connectivity index (χ2v) is 5.58. The van der Waals surface area contributed by atoms with Gasteiger partial charge in [-0.05, 0) is 35.6 Å². The Balaban J connectivity index is 0.000000149. The van der Waals surface area contributed by atoms with Crippen LogP contribution in [-0.2, 0) is 4.79 Å². The molecule has 0 radical (unpaired) electrons. The molecule has 0 unspecified atom stereocenters. The third-order valence-corrected chi connectivity index (χ3v) is 3.71. The van der Waals surface area contributed by atoms with Gasteiger partial charge in [-0.2, -0.15) is 0 Å². The van der Waals surface area contributed by atoms with Crippen LogP contribution in [0, 0.1) is 6.92 Å². The molecular formula is C16H16OS. The van der Waals surface area contributed by atoms with Crippen molar-refractivity contribution in [1.82, 2.24) is 0 Å². The fourth-order valence-corrected chi connectivity index (χ4v) is 2.47. The fraction of sp³-hybridized carbons (Fsp3) is 0.188. The van der Waals surface area contributed by atoms with Gasteiger partial charge in [0.2, 0.25) is 0 Å². The van der Waals surface area contributed by atoms with Gasteiger partial charge in [-0.3, -0.25) is 4.79 Å². The van der Waals surface area contributed by atoms with Gasteiger partial charge in [0.25, 0.3) is 0 Å². The van der Waals surface area contributed by atoms with Gasteiger partial charge in [-0.15, -0.1) is 11.8 Å². The zero-order chi connectivity index (χ0) is 13.0. The lowest BCUT2D eigenvalue weighted by Gasteiger charge is -1.96. The summed E-state index contributed by atoms with van der Waals surface area (Å²) in [6.07, 6.45) is 1.69. The number of thioether (sulfide) groups is 1. The van der Waals surface area contributed by atoms with Crippen molar-refractivity contribution >= 4 is 28.3 Å². The van der Waals surface area contributed by atoms with Crippen LogP contribution in [0.1, 0.15) is 12.5 Å². The monoisotopic (exact) mass is 256 g/mol. The van der Waals surface area contributed by atoms with E-state index in [1.807, 2.05) is 6.92 Å². The van der Waals surface area contributed by atoms with E-state index in [0.29, 0.717) is 5.75 Å². The standard InChI is InChI=1S/C11H10.C5H6OS/c1-9-6-7-10-4-2-3-5-11(10)8-9;1-4-2-5(6)3-7-4/h2-8H,1H3;2H,3H2,1H3. The molecule has 0 fully saturated rings. The van der Waals surface area contributed by atoms with Crippen molar-refractivity contribution in [2.45, 2.75) is 13.8 Å². The van der Waals surface area contributed by atoms with E-state index < -0.39 is 0 Å². The average molecular weight is 256 g/mol. The van der Waals surface area contributed by atoms with Gasteiger partial charge in [0, 0.05) is 0 Å². The highest BCUT2D eigenvalue weighted by Gasteiger charge is 2.06. The largest absolute Gasteiger partial charge is 0.294 e. The predicted octanol–water partition coefficient (Wildman–Crippen LogP) is 4.35. The molecule has 0 N–H and O–H groups in total. The lowest BCUT2D eigenvalue weighted by molar-refractivity contribution is -0.112. The summed E-state index contributed by atoms with van der Waals surface area (Å²) < 4.78 is 0. The minimum Gasteiger partial charge on any atom is -0.294 e. The first kappa shape index (κ1) is 12.9. The molecule has 0 saturated carbocycles. The maximum atomic E-state index is 10.4. The summed E-state index contributed by atoms with van der Waals surface area (Å²) in [7, 11) is 0. The number of hydrogen-bond donors (Lipinski definition) is 0. The second kappa shape index (κ2) is 5.87. The number of ketones is 1. The van der Waals surface area contributed by atoms with E-state index in [4.69, 9.17) is 0 Å². The number of aryl methyl sites for hydroxylation is 1. The van der Waals surface area contributed by atoms with Crippen molar-refractivity contribution in [3.8, 4) is 0 Å². The molecule has 0 saturated heterocycles. The molecule has 18 heavy (non-hydrogen) atoms. The van der Waals surface area contributed by atoms with Crippen LogP contribution < -0.4 is 0 Å². The molecule has 0 aromatic heterocycles. The Labute approximate surface area is 112 Å². The molecule has 2 heteroatoms. The van der Waals surface area contributed by atoms with Crippen molar-refractivity contribution in [2.24, 2.45) is 0 Å². The summed E-state index contributed by atoms with van der Waals surface area (Å²) >= 11 is 1.62. The van der Waals surface area contributed by atoms with Crippen molar-refractivity contribution < 1.29 is 4.79 Å². The zero-order valence-electron chi connectivity index (χ0n) is 10.6. The third kappa shape index (κ3) is 3.47. The molecule has 1 heterocycles. The van der Waals surface area contributed by atoms with Gasteiger partial charge < -0.3 is 0 Å². The lowest BCUT2D eigenvalue weighted by atomic mass is 10.1. The second-order valence-electron chi connectivity index (χ2n) is 4.36. The molecule has 1 nitrogen and oxygen atoms in total. The number of allylic oxidation sites excluding steroid dienone is 2. The molecular weight excluding hydrogens is 240 g/mol. The van der Waals surface area contributed by atoms with E-state index in [2.05, 4.69) is 49.4 Å². The van der Waals surface area contributed by atoms with Crippen molar-refractivity contribution in [2.75, 3.05) is 5.75 Å². The summed E-state index contributed by atoms with van der Waals surface area (Å²) in [5.41, 5.74) is 1.32. The van der Waals surface area contributed by atoms with E-state index in [9.17, 15) is 4.79 Å². The van der Waals surface area contributed by atoms with Crippen LogP contribution in [0.2, 0.25) is 0 Å². The molecule has 0 amide bonds. The zero-order valence-corrected chi connectivity index (χ0v) is 11.5. The van der Waals surface area contributed by atoms with Gasteiger partial charge in [-0.1, -0.05) is 48.0 Å². The van der Waals surface area contributed by atoms with Gasteiger partial charge in [0.05, 0.1) is 5.75 Å². The van der Waals surface area contributed by atoms with Crippen molar-refractivity contribution in [1.29, 1.82) is 0 Å². The number of benzene rings is 2. The Morgan fingerprint density at radius 3 is 2.28 bits per heavy atom. The highest BCUT2D eigenvalue weighted by Crippen LogP contribution is 2.20. The molecule has 1 aliphatic heterocycles. The summed E-state index contributed by atoms with van der Waals surface area (Å²) in [5.74, 6) is 0.911. The Morgan fingerprint density at radius 2 is 1.72 bits per heavy atom. The van der Waals surface area contributed by atoms with E-state index in [1.165, 1.54) is 16.3 Å². The molecule has 0 bridgehead atoms. The van der Waals surface area contributed by atoms with Crippen LogP contribution in [0.4, 0.5) is 0 Å². The predicted molar refractivity (Wildman–Crippen MR) is 79.9 cm³/mol. The average Bonchev–Trinajstić information content (AvgIpc) is 2.74. The van der Waals surface area contributed by atoms with Crippen LogP contribution >= 0.6 is 11.8 Å². The van der Waals surface area contributed by atoms with Crippen molar-refractivity contribution in [3.63, 3.8) is 0 Å². The lowest BCUT2D eigenvalue weighted by Crippen LogP contribution is -1.86. The van der Waals surface area contributed by atoms with E-state index in [-0.39, 0.29) is 5.78 Å². The minimum atomic E-state index is 0.252. The van der Waals surface area contributed by atoms with E-state index in [1.54, 1.807) is 17.8 Å². The highest BCUT2D eigenvalue weighted by molar-refractivity contribution is 8.04. The number of rotatable bonds is 0. The van der Waals surface area contributed by atoms with Crippen LogP contribution in [0.25, 0.3) is 10.8 Å². The van der Waals surface area contributed by atoms with Crippen molar-refractivity contribution in [3.05, 3.63) is 59.0 Å². The maximum Gasteiger partial charge on any atom is 0.166 e. The molecule has 1 aliphatic rings. The van der Waals surface area contributed by atoms with Crippen LogP contribution in [0.5, 0.6) is 0 Å². The fourth-order valence-electron chi connectivity index (χ4n) is 1.80. The molecule has 2 aromatic rings. The maximum absolute atomic E-state index is 10.4. The number of carbonyl (C=O) groups excluding carboxylic acids is 1. The van der Waals surface area contributed by atoms with Crippen LogP contribution in [0.15, 0.2) is 53.4 Å². The first-order valence-electron chi connectivity index (χ1n) is 5.94. The molecule has 2 aromatic carbocycles. The Kier molecular flexibility index (Phi) is 4.21. The summed E-state index contributed by atoms with van der Waals surface area (Å²) in [5, 5.41) is 2.64. The molecule has 92 valence electrons. The number of carbonyl (C=O) groups is 1. The van der Waals surface area contributed by atoms with E-state index >= 15 is 0 Å². The Morgan fingerprint density at radius 1 is 1.00 bits per heavy atom.